The number of carbonyl (C=O) groups is 1. The predicted octanol–water partition coefficient (Wildman–Crippen LogP) is 3.64. The molecule has 0 bridgehead atoms. The van der Waals surface area contributed by atoms with Gasteiger partial charge in [-0.3, -0.25) is 4.79 Å². The minimum atomic E-state index is 0.204. The largest absolute Gasteiger partial charge is 0.497 e. The predicted molar refractivity (Wildman–Crippen MR) is 83.4 cm³/mol. The molecule has 2 aromatic rings. The third-order valence-corrected chi connectivity index (χ3v) is 3.76. The summed E-state index contributed by atoms with van der Waals surface area (Å²) in [7, 11) is 1.64. The van der Waals surface area contributed by atoms with Crippen LogP contribution in [0.25, 0.3) is 0 Å². The molecule has 0 atom stereocenters. The van der Waals surface area contributed by atoms with Crippen LogP contribution in [0.4, 0.5) is 5.69 Å². The molecule has 108 valence electrons. The lowest BCUT2D eigenvalue weighted by Gasteiger charge is -2.23. The number of carbonyl (C=O) groups excluding carboxylic acids is 1. The highest BCUT2D eigenvalue weighted by Gasteiger charge is 2.34. The Balaban J connectivity index is 1.85. The van der Waals surface area contributed by atoms with Crippen molar-refractivity contribution >= 4 is 11.6 Å². The van der Waals surface area contributed by atoms with Gasteiger partial charge < -0.3 is 9.64 Å². The summed E-state index contributed by atoms with van der Waals surface area (Å²) < 4.78 is 5.18. The summed E-state index contributed by atoms with van der Waals surface area (Å²) in [4.78, 5) is 14.4. The number of hydrogen-bond donors (Lipinski definition) is 0. The number of rotatable bonds is 5. The van der Waals surface area contributed by atoms with Gasteiger partial charge >= 0.3 is 0 Å². The number of methoxy groups -OCH3 is 1. The van der Waals surface area contributed by atoms with Crippen LogP contribution in [-0.2, 0) is 11.3 Å². The third-order valence-electron chi connectivity index (χ3n) is 3.76. The second kappa shape index (κ2) is 6.00. The highest BCUT2D eigenvalue weighted by Crippen LogP contribution is 2.33. The fourth-order valence-electron chi connectivity index (χ4n) is 2.38. The molecule has 0 saturated heterocycles. The monoisotopic (exact) mass is 281 g/mol. The molecule has 2 aromatic carbocycles. The molecule has 0 heterocycles. The Kier molecular flexibility index (Phi) is 3.91. The number of benzene rings is 2. The zero-order valence-electron chi connectivity index (χ0n) is 12.2. The Labute approximate surface area is 125 Å². The van der Waals surface area contributed by atoms with Crippen LogP contribution < -0.4 is 9.64 Å². The Morgan fingerprint density at radius 2 is 1.76 bits per heavy atom. The van der Waals surface area contributed by atoms with E-state index in [0.717, 1.165) is 29.8 Å². The Morgan fingerprint density at radius 1 is 1.10 bits per heavy atom. The van der Waals surface area contributed by atoms with Gasteiger partial charge in [0.1, 0.15) is 5.75 Å². The number of nitrogens with zero attached hydrogens (tertiary/aromatic N) is 1. The Bertz CT molecular complexity index is 603. The first-order valence-electron chi connectivity index (χ1n) is 7.27. The average molecular weight is 281 g/mol. The van der Waals surface area contributed by atoms with Gasteiger partial charge in [-0.1, -0.05) is 30.3 Å². The summed E-state index contributed by atoms with van der Waals surface area (Å²) in [6.45, 7) is 0.614. The first-order chi connectivity index (χ1) is 10.3. The van der Waals surface area contributed by atoms with Crippen LogP contribution in [0.2, 0.25) is 0 Å². The van der Waals surface area contributed by atoms with Crippen LogP contribution in [0, 0.1) is 5.92 Å². The second-order valence-corrected chi connectivity index (χ2v) is 5.38. The number of anilines is 1. The summed E-state index contributed by atoms with van der Waals surface area (Å²) in [6.07, 6.45) is 2.03. The molecular weight excluding hydrogens is 262 g/mol. The van der Waals surface area contributed by atoms with Gasteiger partial charge in [-0.2, -0.15) is 0 Å². The maximum absolute atomic E-state index is 12.6. The van der Waals surface area contributed by atoms with Crippen LogP contribution in [-0.4, -0.2) is 13.0 Å². The van der Waals surface area contributed by atoms with Crippen molar-refractivity contribution < 1.29 is 9.53 Å². The van der Waals surface area contributed by atoms with Gasteiger partial charge in [0.2, 0.25) is 5.91 Å². The number of ether oxygens (including phenoxy) is 1. The lowest BCUT2D eigenvalue weighted by molar-refractivity contribution is -0.119. The lowest BCUT2D eigenvalue weighted by Crippen LogP contribution is -2.31. The standard InChI is InChI=1S/C18H19NO2/c1-21-17-11-9-16(10-12-17)19(18(20)15-7-8-15)13-14-5-3-2-4-6-14/h2-6,9-12,15H,7-8,13H2,1H3. The molecular formula is C18H19NO2. The summed E-state index contributed by atoms with van der Waals surface area (Å²) >= 11 is 0. The molecule has 3 nitrogen and oxygen atoms in total. The molecule has 1 fully saturated rings. The maximum atomic E-state index is 12.6. The molecule has 0 aromatic heterocycles. The summed E-state index contributed by atoms with van der Waals surface area (Å²) in [5, 5.41) is 0. The van der Waals surface area contributed by atoms with Crippen LogP contribution in [0.1, 0.15) is 18.4 Å². The molecule has 1 aliphatic rings. The number of hydrogen-bond acceptors (Lipinski definition) is 2. The molecule has 0 unspecified atom stereocenters. The summed E-state index contributed by atoms with van der Waals surface area (Å²) in [5.74, 6) is 1.23. The second-order valence-electron chi connectivity index (χ2n) is 5.38. The first-order valence-corrected chi connectivity index (χ1v) is 7.27. The van der Waals surface area contributed by atoms with Gasteiger partial charge in [-0.15, -0.1) is 0 Å². The van der Waals surface area contributed by atoms with Gasteiger partial charge in [0.25, 0.3) is 0 Å². The van der Waals surface area contributed by atoms with Gasteiger partial charge in [0.15, 0.2) is 0 Å². The average Bonchev–Trinajstić information content (AvgIpc) is 3.38. The van der Waals surface area contributed by atoms with Crippen molar-refractivity contribution in [3.05, 3.63) is 60.2 Å². The molecule has 1 aliphatic carbocycles. The zero-order chi connectivity index (χ0) is 14.7. The summed E-state index contributed by atoms with van der Waals surface area (Å²) in [5.41, 5.74) is 2.07. The lowest BCUT2D eigenvalue weighted by atomic mass is 10.1. The minimum absolute atomic E-state index is 0.204. The van der Waals surface area contributed by atoms with Crippen LogP contribution in [0.15, 0.2) is 54.6 Å². The quantitative estimate of drug-likeness (QED) is 0.837. The first kappa shape index (κ1) is 13.7. The Morgan fingerprint density at radius 3 is 2.33 bits per heavy atom. The van der Waals surface area contributed by atoms with E-state index >= 15 is 0 Å². The maximum Gasteiger partial charge on any atom is 0.230 e. The van der Waals surface area contributed by atoms with E-state index in [1.165, 1.54) is 0 Å². The van der Waals surface area contributed by atoms with Crippen molar-refractivity contribution in [1.82, 2.24) is 0 Å². The van der Waals surface area contributed by atoms with Crippen molar-refractivity contribution in [3.8, 4) is 5.75 Å². The summed E-state index contributed by atoms with van der Waals surface area (Å²) in [6, 6.07) is 17.8. The SMILES string of the molecule is COc1ccc(N(Cc2ccccc2)C(=O)C2CC2)cc1. The molecule has 0 spiro atoms. The normalized spacial score (nSPS) is 13.8. The van der Waals surface area contributed by atoms with Gasteiger partial charge in [0.05, 0.1) is 13.7 Å². The van der Waals surface area contributed by atoms with Gasteiger partial charge in [-0.25, -0.2) is 0 Å². The van der Waals surface area contributed by atoms with E-state index in [9.17, 15) is 4.79 Å². The van der Waals surface area contributed by atoms with E-state index in [1.807, 2.05) is 47.4 Å². The third kappa shape index (κ3) is 3.24. The van der Waals surface area contributed by atoms with Crippen LogP contribution in [0.5, 0.6) is 5.75 Å². The Hall–Kier alpha value is -2.29. The fraction of sp³-hybridized carbons (Fsp3) is 0.278. The van der Waals surface area contributed by atoms with E-state index in [-0.39, 0.29) is 11.8 Å². The molecule has 1 amide bonds. The highest BCUT2D eigenvalue weighted by molar-refractivity contribution is 5.96. The van der Waals surface area contributed by atoms with Crippen molar-refractivity contribution in [1.29, 1.82) is 0 Å². The van der Waals surface area contributed by atoms with E-state index in [2.05, 4.69) is 12.1 Å². The molecule has 0 N–H and O–H groups in total. The van der Waals surface area contributed by atoms with E-state index in [0.29, 0.717) is 6.54 Å². The molecule has 0 aliphatic heterocycles. The minimum Gasteiger partial charge on any atom is -0.497 e. The van der Waals surface area contributed by atoms with Gasteiger partial charge in [-0.05, 0) is 42.7 Å². The molecule has 3 rings (SSSR count). The zero-order valence-corrected chi connectivity index (χ0v) is 12.2. The van der Waals surface area contributed by atoms with Crippen LogP contribution in [0.3, 0.4) is 0 Å². The molecule has 1 saturated carbocycles. The van der Waals surface area contributed by atoms with Crippen molar-refractivity contribution in [2.45, 2.75) is 19.4 Å². The van der Waals surface area contributed by atoms with Crippen molar-refractivity contribution in [2.24, 2.45) is 5.92 Å². The van der Waals surface area contributed by atoms with Crippen LogP contribution >= 0.6 is 0 Å². The number of amides is 1. The van der Waals surface area contributed by atoms with E-state index in [1.54, 1.807) is 7.11 Å². The topological polar surface area (TPSA) is 29.5 Å². The van der Waals surface area contributed by atoms with Crippen molar-refractivity contribution in [3.63, 3.8) is 0 Å². The smallest absolute Gasteiger partial charge is 0.230 e. The van der Waals surface area contributed by atoms with E-state index in [4.69, 9.17) is 4.74 Å². The highest BCUT2D eigenvalue weighted by atomic mass is 16.5. The molecule has 0 radical (unpaired) electrons. The van der Waals surface area contributed by atoms with Gasteiger partial charge in [0, 0.05) is 11.6 Å². The molecule has 21 heavy (non-hydrogen) atoms. The van der Waals surface area contributed by atoms with E-state index < -0.39 is 0 Å². The molecule has 3 heteroatoms. The fourth-order valence-corrected chi connectivity index (χ4v) is 2.38. The van der Waals surface area contributed by atoms with Crippen molar-refractivity contribution in [2.75, 3.05) is 12.0 Å².